The smallest absolute Gasteiger partial charge is 0.207 e. The molecule has 1 aromatic carbocycles. The van der Waals surface area contributed by atoms with E-state index in [9.17, 15) is 17.6 Å². The molecular weight excluding hydrogens is 327 g/mol. The van der Waals surface area contributed by atoms with Gasteiger partial charge in [-0.15, -0.1) is 0 Å². The van der Waals surface area contributed by atoms with Crippen molar-refractivity contribution in [2.75, 3.05) is 0 Å². The summed E-state index contributed by atoms with van der Waals surface area (Å²) in [5, 5.41) is -0.829. The number of halogens is 6. The minimum atomic E-state index is -4.54. The van der Waals surface area contributed by atoms with E-state index in [4.69, 9.17) is 23.2 Å². The summed E-state index contributed by atoms with van der Waals surface area (Å²) in [5.41, 5.74) is -0.0203. The molecule has 0 aromatic heterocycles. The Morgan fingerprint density at radius 2 is 1.95 bits per heavy atom. The fourth-order valence-corrected chi connectivity index (χ4v) is 3.08. The van der Waals surface area contributed by atoms with Crippen LogP contribution in [0.15, 0.2) is 29.3 Å². The summed E-state index contributed by atoms with van der Waals surface area (Å²) in [7, 11) is 0. The summed E-state index contributed by atoms with van der Waals surface area (Å²) in [5.74, 6) is -0.903. The molecule has 2 rings (SSSR count). The van der Waals surface area contributed by atoms with Crippen molar-refractivity contribution in [1.82, 2.24) is 0 Å². The molecule has 116 valence electrons. The minimum Gasteiger partial charge on any atom is -0.207 e. The molecule has 1 fully saturated rings. The number of hydrogen-bond acceptors (Lipinski definition) is 0. The number of benzene rings is 1. The van der Waals surface area contributed by atoms with E-state index in [1.165, 1.54) is 12.1 Å². The van der Waals surface area contributed by atoms with Crippen LogP contribution in [0, 0.1) is 23.1 Å². The Bertz CT molecular complexity index is 555. The zero-order valence-corrected chi connectivity index (χ0v) is 13.0. The molecule has 0 aliphatic heterocycles. The van der Waals surface area contributed by atoms with Gasteiger partial charge in [0.2, 0.25) is 0 Å². The molecule has 0 amide bonds. The summed E-state index contributed by atoms with van der Waals surface area (Å²) in [4.78, 5) is 0. The predicted octanol–water partition coefficient (Wildman–Crippen LogP) is 5.98. The van der Waals surface area contributed by atoms with Crippen LogP contribution >= 0.6 is 23.2 Å². The summed E-state index contributed by atoms with van der Waals surface area (Å²) >= 11 is 11.2. The SMILES string of the molecule is CC1(C)[C@@H](/C=C(\Cl)C(F)(F)F)[C@@H]1Cc1c(F)cccc1Cl. The van der Waals surface area contributed by atoms with E-state index >= 15 is 0 Å². The molecule has 0 radical (unpaired) electrons. The van der Waals surface area contributed by atoms with Crippen LogP contribution in [0.4, 0.5) is 17.6 Å². The van der Waals surface area contributed by atoms with Crippen LogP contribution in [0.2, 0.25) is 5.02 Å². The van der Waals surface area contributed by atoms with Gasteiger partial charge < -0.3 is 0 Å². The van der Waals surface area contributed by atoms with Crippen molar-refractivity contribution in [3.63, 3.8) is 0 Å². The van der Waals surface area contributed by atoms with Crippen molar-refractivity contribution in [1.29, 1.82) is 0 Å². The van der Waals surface area contributed by atoms with Gasteiger partial charge in [0.05, 0.1) is 0 Å². The Hall–Kier alpha value is -0.740. The highest BCUT2D eigenvalue weighted by Gasteiger charge is 2.57. The Morgan fingerprint density at radius 3 is 2.48 bits per heavy atom. The lowest BCUT2D eigenvalue weighted by atomic mass is 10.0. The van der Waals surface area contributed by atoms with E-state index in [0.717, 1.165) is 6.08 Å². The lowest BCUT2D eigenvalue weighted by molar-refractivity contribution is -0.0848. The van der Waals surface area contributed by atoms with Crippen LogP contribution < -0.4 is 0 Å². The van der Waals surface area contributed by atoms with E-state index in [0.29, 0.717) is 17.0 Å². The Labute approximate surface area is 130 Å². The fourth-order valence-electron chi connectivity index (χ4n) is 2.71. The van der Waals surface area contributed by atoms with Crippen molar-refractivity contribution in [3.05, 3.63) is 45.7 Å². The van der Waals surface area contributed by atoms with Crippen molar-refractivity contribution in [3.8, 4) is 0 Å². The van der Waals surface area contributed by atoms with Gasteiger partial charge in [0.1, 0.15) is 10.8 Å². The van der Waals surface area contributed by atoms with Gasteiger partial charge in [0.25, 0.3) is 0 Å². The summed E-state index contributed by atoms with van der Waals surface area (Å²) in [6.07, 6.45) is -3.22. The van der Waals surface area contributed by atoms with Crippen LogP contribution in [0.3, 0.4) is 0 Å². The van der Waals surface area contributed by atoms with Gasteiger partial charge in [-0.05, 0) is 35.8 Å². The van der Waals surface area contributed by atoms with Gasteiger partial charge in [-0.3, -0.25) is 0 Å². The Balaban J connectivity index is 2.19. The zero-order chi connectivity index (χ0) is 16.0. The molecule has 1 aromatic rings. The molecule has 2 atom stereocenters. The first-order valence-corrected chi connectivity index (χ1v) is 7.18. The monoisotopic (exact) mass is 340 g/mol. The molecule has 21 heavy (non-hydrogen) atoms. The molecule has 0 bridgehead atoms. The average Bonchev–Trinajstić information content (AvgIpc) is 2.84. The van der Waals surface area contributed by atoms with Crippen molar-refractivity contribution >= 4 is 23.2 Å². The topological polar surface area (TPSA) is 0 Å². The summed E-state index contributed by atoms with van der Waals surface area (Å²) < 4.78 is 51.2. The lowest BCUT2D eigenvalue weighted by Crippen LogP contribution is -2.07. The second kappa shape index (κ2) is 5.47. The maximum atomic E-state index is 13.8. The average molecular weight is 341 g/mol. The molecule has 6 heteroatoms. The molecule has 0 unspecified atom stereocenters. The van der Waals surface area contributed by atoms with Gasteiger partial charge in [0.15, 0.2) is 0 Å². The third-order valence-electron chi connectivity index (χ3n) is 4.22. The molecule has 0 saturated heterocycles. The van der Waals surface area contributed by atoms with Crippen LogP contribution in [0.25, 0.3) is 0 Å². The van der Waals surface area contributed by atoms with Crippen molar-refractivity contribution in [2.24, 2.45) is 17.3 Å². The fraction of sp³-hybridized carbons (Fsp3) is 0.467. The van der Waals surface area contributed by atoms with E-state index in [1.807, 2.05) is 13.8 Å². The third kappa shape index (κ3) is 3.37. The maximum absolute atomic E-state index is 13.8. The van der Waals surface area contributed by atoms with Gasteiger partial charge in [-0.1, -0.05) is 49.2 Å². The van der Waals surface area contributed by atoms with Crippen molar-refractivity contribution < 1.29 is 17.6 Å². The quantitative estimate of drug-likeness (QED) is 0.594. The second-order valence-electron chi connectivity index (χ2n) is 5.87. The summed E-state index contributed by atoms with van der Waals surface area (Å²) in [6, 6.07) is 4.37. The van der Waals surface area contributed by atoms with E-state index in [1.54, 1.807) is 6.07 Å². The largest absolute Gasteiger partial charge is 0.426 e. The first-order valence-electron chi connectivity index (χ1n) is 6.42. The second-order valence-corrected chi connectivity index (χ2v) is 6.68. The highest BCUT2D eigenvalue weighted by molar-refractivity contribution is 6.31. The van der Waals surface area contributed by atoms with Gasteiger partial charge >= 0.3 is 6.18 Å². The van der Waals surface area contributed by atoms with Crippen LogP contribution in [0.1, 0.15) is 19.4 Å². The predicted molar refractivity (Wildman–Crippen MR) is 75.9 cm³/mol. The highest BCUT2D eigenvalue weighted by atomic mass is 35.5. The first kappa shape index (κ1) is 16.6. The van der Waals surface area contributed by atoms with Gasteiger partial charge in [-0.2, -0.15) is 13.2 Å². The van der Waals surface area contributed by atoms with E-state index < -0.39 is 17.0 Å². The maximum Gasteiger partial charge on any atom is 0.426 e. The molecular formula is C15H14Cl2F4. The molecule has 1 aliphatic carbocycles. The van der Waals surface area contributed by atoms with Gasteiger partial charge in [0, 0.05) is 10.6 Å². The number of hydrogen-bond donors (Lipinski definition) is 0. The molecule has 1 aliphatic rings. The van der Waals surface area contributed by atoms with E-state index in [-0.39, 0.29) is 17.3 Å². The van der Waals surface area contributed by atoms with Gasteiger partial charge in [-0.25, -0.2) is 4.39 Å². The zero-order valence-electron chi connectivity index (χ0n) is 11.4. The lowest BCUT2D eigenvalue weighted by Gasteiger charge is -2.06. The first-order chi connectivity index (χ1) is 9.55. The Kier molecular flexibility index (Phi) is 4.33. The molecule has 0 N–H and O–H groups in total. The number of rotatable bonds is 3. The number of allylic oxidation sites excluding steroid dienone is 2. The molecule has 0 spiro atoms. The van der Waals surface area contributed by atoms with Crippen LogP contribution in [0.5, 0.6) is 0 Å². The normalized spacial score (nSPS) is 25.0. The molecule has 1 saturated carbocycles. The van der Waals surface area contributed by atoms with Crippen LogP contribution in [-0.4, -0.2) is 6.18 Å². The van der Waals surface area contributed by atoms with E-state index in [2.05, 4.69) is 0 Å². The molecule has 0 heterocycles. The van der Waals surface area contributed by atoms with Crippen LogP contribution in [-0.2, 0) is 6.42 Å². The summed E-state index contributed by atoms with van der Waals surface area (Å²) in [6.45, 7) is 3.68. The third-order valence-corrected chi connectivity index (χ3v) is 4.92. The highest BCUT2D eigenvalue weighted by Crippen LogP contribution is 2.61. The molecule has 0 nitrogen and oxygen atoms in total. The van der Waals surface area contributed by atoms with Crippen molar-refractivity contribution in [2.45, 2.75) is 26.4 Å². The Morgan fingerprint density at radius 1 is 1.33 bits per heavy atom. The standard InChI is InChI=1S/C15H14Cl2F4/c1-14(2)9(10(14)7-13(17)15(19,20)21)6-8-11(16)4-3-5-12(8)18/h3-5,7,9-10H,6H2,1-2H3/b13-7-/t9-,10-/m0/s1. The number of alkyl halides is 3. The minimum absolute atomic E-state index is 0.122.